The topological polar surface area (TPSA) is 51.0 Å². The van der Waals surface area contributed by atoms with E-state index >= 15 is 0 Å². The van der Waals surface area contributed by atoms with Gasteiger partial charge in [-0.2, -0.15) is 0 Å². The Bertz CT molecular complexity index is 609. The summed E-state index contributed by atoms with van der Waals surface area (Å²) in [6.07, 6.45) is 7.84. The van der Waals surface area contributed by atoms with E-state index in [2.05, 4.69) is 43.6 Å². The Labute approximate surface area is 126 Å². The first-order chi connectivity index (χ1) is 9.83. The van der Waals surface area contributed by atoms with Crippen LogP contribution in [-0.2, 0) is 6.54 Å². The van der Waals surface area contributed by atoms with Gasteiger partial charge < -0.3 is 9.73 Å². The quantitative estimate of drug-likeness (QED) is 0.867. The van der Waals surface area contributed by atoms with Crippen LogP contribution in [-0.4, -0.2) is 16.2 Å². The molecule has 0 saturated carbocycles. The van der Waals surface area contributed by atoms with Crippen LogP contribution in [0.25, 0.3) is 11.5 Å². The van der Waals surface area contributed by atoms with E-state index < -0.39 is 0 Å². The van der Waals surface area contributed by atoms with E-state index in [0.29, 0.717) is 24.4 Å². The summed E-state index contributed by atoms with van der Waals surface area (Å²) < 4.78 is 6.67. The van der Waals surface area contributed by atoms with Gasteiger partial charge in [-0.15, -0.1) is 10.2 Å². The van der Waals surface area contributed by atoms with Crippen LogP contribution in [0.15, 0.2) is 45.3 Å². The minimum atomic E-state index is 0.513. The zero-order chi connectivity index (χ0) is 13.8. The van der Waals surface area contributed by atoms with Crippen LogP contribution in [0.1, 0.15) is 25.2 Å². The Balaban J connectivity index is 1.65. The number of rotatable bonds is 4. The molecule has 5 heteroatoms. The fraction of sp³-hybridized carbons (Fsp3) is 0.333. The first kappa shape index (κ1) is 13.5. The first-order valence-electron chi connectivity index (χ1n) is 6.78. The van der Waals surface area contributed by atoms with Crippen molar-refractivity contribution in [1.29, 1.82) is 0 Å². The molecule has 0 radical (unpaired) electrons. The largest absolute Gasteiger partial charge is 0.419 e. The molecule has 1 N–H and O–H groups in total. The molecule has 104 valence electrons. The number of aromatic nitrogens is 2. The lowest BCUT2D eigenvalue weighted by Gasteiger charge is -2.17. The molecule has 0 aliphatic heterocycles. The molecular formula is C15H16BrN3O. The van der Waals surface area contributed by atoms with E-state index in [1.54, 1.807) is 0 Å². The fourth-order valence-corrected chi connectivity index (χ4v) is 2.73. The van der Waals surface area contributed by atoms with Gasteiger partial charge in [0.1, 0.15) is 0 Å². The molecule has 0 saturated heterocycles. The van der Waals surface area contributed by atoms with Crippen LogP contribution in [0, 0.1) is 0 Å². The summed E-state index contributed by atoms with van der Waals surface area (Å²) in [6.45, 7) is 0.621. The molecule has 0 amide bonds. The smallest absolute Gasteiger partial charge is 0.248 e. The second-order valence-electron chi connectivity index (χ2n) is 4.84. The van der Waals surface area contributed by atoms with Crippen molar-refractivity contribution in [3.05, 3.63) is 46.8 Å². The van der Waals surface area contributed by atoms with Crippen molar-refractivity contribution >= 4 is 15.9 Å². The minimum absolute atomic E-state index is 0.513. The van der Waals surface area contributed by atoms with Gasteiger partial charge in [0, 0.05) is 10.5 Å². The number of halogens is 1. The van der Waals surface area contributed by atoms with Crippen molar-refractivity contribution in [3.63, 3.8) is 0 Å². The molecular weight excluding hydrogens is 318 g/mol. The highest BCUT2D eigenvalue weighted by Gasteiger charge is 2.13. The van der Waals surface area contributed by atoms with Gasteiger partial charge in [0.05, 0.1) is 12.1 Å². The summed E-state index contributed by atoms with van der Waals surface area (Å²) in [7, 11) is 0. The van der Waals surface area contributed by atoms with Crippen LogP contribution in [0.5, 0.6) is 0 Å². The Kier molecular flexibility index (Phi) is 4.28. The predicted molar refractivity (Wildman–Crippen MR) is 81.1 cm³/mol. The highest BCUT2D eigenvalue weighted by Crippen LogP contribution is 2.26. The third kappa shape index (κ3) is 3.16. The highest BCUT2D eigenvalue weighted by molar-refractivity contribution is 9.10. The fourth-order valence-electron chi connectivity index (χ4n) is 2.28. The Morgan fingerprint density at radius 3 is 2.95 bits per heavy atom. The van der Waals surface area contributed by atoms with E-state index in [0.717, 1.165) is 22.9 Å². The summed E-state index contributed by atoms with van der Waals surface area (Å²) in [5.41, 5.74) is 0.923. The molecule has 0 fully saturated rings. The average Bonchev–Trinajstić information content (AvgIpc) is 2.95. The first-order valence-corrected chi connectivity index (χ1v) is 7.58. The van der Waals surface area contributed by atoms with Gasteiger partial charge in [0.25, 0.3) is 0 Å². The number of nitrogens with zero attached hydrogens (tertiary/aromatic N) is 2. The predicted octanol–water partition coefficient (Wildman–Crippen LogP) is 3.70. The van der Waals surface area contributed by atoms with Crippen molar-refractivity contribution in [2.45, 2.75) is 31.8 Å². The van der Waals surface area contributed by atoms with Gasteiger partial charge in [0.2, 0.25) is 11.8 Å². The molecule has 0 bridgehead atoms. The van der Waals surface area contributed by atoms with Crippen LogP contribution in [0.2, 0.25) is 0 Å². The Morgan fingerprint density at radius 1 is 1.25 bits per heavy atom. The summed E-state index contributed by atoms with van der Waals surface area (Å²) >= 11 is 3.49. The summed E-state index contributed by atoms with van der Waals surface area (Å²) in [6, 6.07) is 8.35. The minimum Gasteiger partial charge on any atom is -0.419 e. The molecule has 2 aromatic rings. The number of hydrogen-bond acceptors (Lipinski definition) is 4. The monoisotopic (exact) mass is 333 g/mol. The van der Waals surface area contributed by atoms with E-state index in [9.17, 15) is 0 Å². The van der Waals surface area contributed by atoms with Gasteiger partial charge in [-0.25, -0.2) is 0 Å². The molecule has 1 aliphatic carbocycles. The zero-order valence-electron chi connectivity index (χ0n) is 11.1. The Hall–Kier alpha value is -1.46. The zero-order valence-corrected chi connectivity index (χ0v) is 12.6. The lowest BCUT2D eigenvalue weighted by Crippen LogP contribution is -2.29. The maximum absolute atomic E-state index is 5.71. The second-order valence-corrected chi connectivity index (χ2v) is 5.70. The molecule has 1 aliphatic rings. The molecule has 1 aromatic heterocycles. The molecule has 1 heterocycles. The molecule has 20 heavy (non-hydrogen) atoms. The van der Waals surface area contributed by atoms with E-state index in [4.69, 9.17) is 4.42 Å². The summed E-state index contributed by atoms with van der Waals surface area (Å²) in [4.78, 5) is 0. The van der Waals surface area contributed by atoms with Gasteiger partial charge in [-0.1, -0.05) is 24.3 Å². The molecule has 1 atom stereocenters. The average molecular weight is 334 g/mol. The van der Waals surface area contributed by atoms with Gasteiger partial charge >= 0.3 is 0 Å². The van der Waals surface area contributed by atoms with Crippen molar-refractivity contribution in [2.75, 3.05) is 0 Å². The molecule has 1 unspecified atom stereocenters. The van der Waals surface area contributed by atoms with E-state index in [-0.39, 0.29) is 0 Å². The number of hydrogen-bond donors (Lipinski definition) is 1. The summed E-state index contributed by atoms with van der Waals surface area (Å²) in [5.74, 6) is 1.18. The van der Waals surface area contributed by atoms with E-state index in [1.165, 1.54) is 6.42 Å². The van der Waals surface area contributed by atoms with Crippen molar-refractivity contribution in [3.8, 4) is 11.5 Å². The molecule has 1 aromatic carbocycles. The molecule has 0 spiro atoms. The van der Waals surface area contributed by atoms with Crippen molar-refractivity contribution in [1.82, 2.24) is 15.5 Å². The van der Waals surface area contributed by atoms with Crippen LogP contribution >= 0.6 is 15.9 Å². The SMILES string of the molecule is Brc1ccccc1-c1nnc(CNC2CC=CCC2)o1. The standard InChI is InChI=1S/C15H16BrN3O/c16-13-9-5-4-8-12(13)15-19-18-14(20-15)10-17-11-6-2-1-3-7-11/h1-2,4-5,8-9,11,17H,3,6-7,10H2. The Morgan fingerprint density at radius 2 is 2.15 bits per heavy atom. The maximum atomic E-state index is 5.71. The third-order valence-electron chi connectivity index (χ3n) is 3.38. The molecule has 3 rings (SSSR count). The van der Waals surface area contributed by atoms with E-state index in [1.807, 2.05) is 24.3 Å². The third-order valence-corrected chi connectivity index (χ3v) is 4.07. The van der Waals surface area contributed by atoms with Gasteiger partial charge in [-0.3, -0.25) is 0 Å². The van der Waals surface area contributed by atoms with Gasteiger partial charge in [-0.05, 0) is 47.3 Å². The van der Waals surface area contributed by atoms with Crippen LogP contribution in [0.4, 0.5) is 0 Å². The number of allylic oxidation sites excluding steroid dienone is 1. The van der Waals surface area contributed by atoms with Crippen molar-refractivity contribution in [2.24, 2.45) is 0 Å². The second kappa shape index (κ2) is 6.33. The number of benzene rings is 1. The van der Waals surface area contributed by atoms with Crippen molar-refractivity contribution < 1.29 is 4.42 Å². The van der Waals surface area contributed by atoms with Crippen LogP contribution < -0.4 is 5.32 Å². The lowest BCUT2D eigenvalue weighted by molar-refractivity contribution is 0.419. The number of nitrogens with one attached hydrogen (secondary N) is 1. The van der Waals surface area contributed by atoms with Gasteiger partial charge in [0.15, 0.2) is 0 Å². The highest BCUT2D eigenvalue weighted by atomic mass is 79.9. The molecule has 4 nitrogen and oxygen atoms in total. The lowest BCUT2D eigenvalue weighted by atomic mass is 10.0. The summed E-state index contributed by atoms with van der Waals surface area (Å²) in [5, 5.41) is 11.7. The van der Waals surface area contributed by atoms with Crippen LogP contribution in [0.3, 0.4) is 0 Å². The normalized spacial score (nSPS) is 18.4. The maximum Gasteiger partial charge on any atom is 0.248 e.